The lowest BCUT2D eigenvalue weighted by Crippen LogP contribution is -1.99. The van der Waals surface area contributed by atoms with Crippen LogP contribution in [0.25, 0.3) is 11.1 Å². The molecule has 0 saturated carbocycles. The van der Waals surface area contributed by atoms with Crippen LogP contribution in [-0.4, -0.2) is 24.0 Å². The van der Waals surface area contributed by atoms with Crippen LogP contribution < -0.4 is 15.2 Å². The van der Waals surface area contributed by atoms with Crippen molar-refractivity contribution in [1.82, 2.24) is 9.78 Å². The monoisotopic (exact) mass is 265 g/mol. The highest BCUT2D eigenvalue weighted by molar-refractivity contribution is 5.80. The van der Waals surface area contributed by atoms with Gasteiger partial charge < -0.3 is 15.2 Å². The number of ether oxygens (including phenoxy) is 2. The van der Waals surface area contributed by atoms with Crippen LogP contribution in [0.5, 0.6) is 11.5 Å². The van der Waals surface area contributed by atoms with E-state index in [-0.39, 0.29) is 0 Å². The molecule has 0 aliphatic heterocycles. The van der Waals surface area contributed by atoms with E-state index in [1.807, 2.05) is 0 Å². The predicted molar refractivity (Wildman–Crippen MR) is 71.0 cm³/mol. The molecule has 0 saturated heterocycles. The molecule has 0 spiro atoms. The van der Waals surface area contributed by atoms with E-state index in [4.69, 9.17) is 15.2 Å². The number of hydrogen-bond donors (Lipinski definition) is 1. The summed E-state index contributed by atoms with van der Waals surface area (Å²) < 4.78 is 25.0. The second-order valence-corrected chi connectivity index (χ2v) is 4.07. The number of rotatable bonds is 4. The Hall–Kier alpha value is -2.24. The van der Waals surface area contributed by atoms with Gasteiger partial charge in [-0.15, -0.1) is 0 Å². The van der Waals surface area contributed by atoms with Crippen molar-refractivity contribution in [3.05, 3.63) is 23.9 Å². The number of benzene rings is 1. The summed E-state index contributed by atoms with van der Waals surface area (Å²) in [6.07, 6.45) is 1.64. The van der Waals surface area contributed by atoms with Gasteiger partial charge in [0, 0.05) is 23.7 Å². The molecule has 2 N–H and O–H groups in total. The lowest BCUT2D eigenvalue weighted by atomic mass is 10.0. The zero-order valence-electron chi connectivity index (χ0n) is 11.1. The number of hydrogen-bond acceptors (Lipinski definition) is 4. The van der Waals surface area contributed by atoms with Crippen molar-refractivity contribution in [3.8, 4) is 22.6 Å². The summed E-state index contributed by atoms with van der Waals surface area (Å²) in [6, 6.07) is 3.32. The molecule has 0 fully saturated rings. The summed E-state index contributed by atoms with van der Waals surface area (Å²) >= 11 is 0. The fourth-order valence-electron chi connectivity index (χ4n) is 1.93. The zero-order valence-corrected chi connectivity index (χ0v) is 11.1. The Morgan fingerprint density at radius 2 is 1.89 bits per heavy atom. The molecule has 0 aliphatic rings. The highest BCUT2D eigenvalue weighted by Gasteiger charge is 2.16. The molecule has 2 aromatic rings. The Bertz CT molecular complexity index is 596. The van der Waals surface area contributed by atoms with Crippen LogP contribution in [0.4, 0.5) is 10.2 Å². The molecule has 1 heterocycles. The molecule has 0 atom stereocenters. The van der Waals surface area contributed by atoms with Crippen molar-refractivity contribution in [3.63, 3.8) is 0 Å². The van der Waals surface area contributed by atoms with Crippen molar-refractivity contribution in [2.45, 2.75) is 6.67 Å². The summed E-state index contributed by atoms with van der Waals surface area (Å²) in [4.78, 5) is 0. The molecular weight excluding hydrogens is 249 g/mol. The average Bonchev–Trinajstić information content (AvgIpc) is 2.77. The van der Waals surface area contributed by atoms with E-state index >= 15 is 0 Å². The molecule has 0 aliphatic carbocycles. The highest BCUT2D eigenvalue weighted by atomic mass is 19.1. The van der Waals surface area contributed by atoms with E-state index in [2.05, 4.69) is 5.10 Å². The second-order valence-electron chi connectivity index (χ2n) is 4.07. The van der Waals surface area contributed by atoms with Crippen molar-refractivity contribution in [1.29, 1.82) is 0 Å². The number of aromatic nitrogens is 2. The van der Waals surface area contributed by atoms with Crippen molar-refractivity contribution in [2.24, 2.45) is 7.05 Å². The summed E-state index contributed by atoms with van der Waals surface area (Å²) in [5.41, 5.74) is 7.84. The van der Waals surface area contributed by atoms with Gasteiger partial charge in [-0.2, -0.15) is 5.10 Å². The largest absolute Gasteiger partial charge is 0.496 e. The molecule has 2 rings (SSSR count). The minimum atomic E-state index is -0.623. The van der Waals surface area contributed by atoms with E-state index < -0.39 is 6.67 Å². The Morgan fingerprint density at radius 3 is 2.37 bits per heavy atom. The maximum absolute atomic E-state index is 12.9. The molecule has 5 nitrogen and oxygen atoms in total. The van der Waals surface area contributed by atoms with Crippen LogP contribution in [0.15, 0.2) is 18.3 Å². The first-order valence-corrected chi connectivity index (χ1v) is 5.71. The second kappa shape index (κ2) is 5.17. The molecule has 0 bridgehead atoms. The number of methoxy groups -OCH3 is 2. The van der Waals surface area contributed by atoms with Gasteiger partial charge >= 0.3 is 0 Å². The fraction of sp³-hybridized carbons (Fsp3) is 0.308. The van der Waals surface area contributed by atoms with Crippen molar-refractivity contribution < 1.29 is 13.9 Å². The van der Waals surface area contributed by atoms with Gasteiger partial charge in [0.2, 0.25) is 0 Å². The van der Waals surface area contributed by atoms with Crippen molar-refractivity contribution >= 4 is 5.82 Å². The standard InChI is InChI=1S/C13H16FN3O2/c1-17-13(15)10(7-16-17)9-5-11(18-2)8(6-14)4-12(9)19-3/h4-5,7H,6,15H2,1-3H3. The number of nitrogens with zero attached hydrogens (tertiary/aromatic N) is 2. The van der Waals surface area contributed by atoms with Crippen LogP contribution >= 0.6 is 0 Å². The fourth-order valence-corrected chi connectivity index (χ4v) is 1.93. The van der Waals surface area contributed by atoms with Gasteiger partial charge in [0.25, 0.3) is 0 Å². The summed E-state index contributed by atoms with van der Waals surface area (Å²) in [6.45, 7) is -0.623. The maximum atomic E-state index is 12.9. The van der Waals surface area contributed by atoms with Gasteiger partial charge in [0.15, 0.2) is 0 Å². The number of nitrogen functional groups attached to an aromatic ring is 1. The van der Waals surface area contributed by atoms with Crippen LogP contribution in [0.1, 0.15) is 5.56 Å². The zero-order chi connectivity index (χ0) is 14.0. The van der Waals surface area contributed by atoms with Gasteiger partial charge in [-0.3, -0.25) is 4.68 Å². The minimum Gasteiger partial charge on any atom is -0.496 e. The van der Waals surface area contributed by atoms with E-state index in [0.717, 1.165) is 11.1 Å². The highest BCUT2D eigenvalue weighted by Crippen LogP contribution is 2.38. The molecule has 1 aromatic carbocycles. The summed E-state index contributed by atoms with van der Waals surface area (Å²) in [5, 5.41) is 4.09. The Labute approximate surface area is 110 Å². The Kier molecular flexibility index (Phi) is 3.59. The SMILES string of the molecule is COc1cc(-c2cnn(C)c2N)c(OC)cc1CF. The third-order valence-corrected chi connectivity index (χ3v) is 3.02. The molecule has 102 valence electrons. The molecular formula is C13H16FN3O2. The topological polar surface area (TPSA) is 62.3 Å². The van der Waals surface area contributed by atoms with Crippen molar-refractivity contribution in [2.75, 3.05) is 20.0 Å². The lowest BCUT2D eigenvalue weighted by Gasteiger charge is -2.13. The van der Waals surface area contributed by atoms with Gasteiger partial charge in [0.1, 0.15) is 24.0 Å². The summed E-state index contributed by atoms with van der Waals surface area (Å²) in [5.74, 6) is 1.50. The minimum absolute atomic E-state index is 0.436. The van der Waals surface area contributed by atoms with Gasteiger partial charge in [-0.1, -0.05) is 0 Å². The quantitative estimate of drug-likeness (QED) is 0.920. The van der Waals surface area contributed by atoms with Crippen LogP contribution in [0.2, 0.25) is 0 Å². The van der Waals surface area contributed by atoms with Crippen LogP contribution in [0.3, 0.4) is 0 Å². The first-order valence-electron chi connectivity index (χ1n) is 5.71. The van der Waals surface area contributed by atoms with E-state index in [1.165, 1.54) is 14.2 Å². The molecule has 19 heavy (non-hydrogen) atoms. The molecule has 0 unspecified atom stereocenters. The number of nitrogens with two attached hydrogens (primary N) is 1. The summed E-state index contributed by atoms with van der Waals surface area (Å²) in [7, 11) is 4.77. The third-order valence-electron chi connectivity index (χ3n) is 3.02. The van der Waals surface area contributed by atoms with E-state index in [9.17, 15) is 4.39 Å². The van der Waals surface area contributed by atoms with E-state index in [0.29, 0.717) is 22.9 Å². The first-order chi connectivity index (χ1) is 9.12. The van der Waals surface area contributed by atoms with Gasteiger partial charge in [-0.25, -0.2) is 4.39 Å². The molecule has 6 heteroatoms. The van der Waals surface area contributed by atoms with Crippen LogP contribution in [0, 0.1) is 0 Å². The molecule has 1 aromatic heterocycles. The van der Waals surface area contributed by atoms with E-state index in [1.54, 1.807) is 30.1 Å². The first kappa shape index (κ1) is 13.2. The van der Waals surface area contributed by atoms with Crippen LogP contribution in [-0.2, 0) is 13.7 Å². The normalized spacial score (nSPS) is 10.5. The number of halogens is 1. The number of aryl methyl sites for hydroxylation is 1. The Morgan fingerprint density at radius 1 is 1.21 bits per heavy atom. The number of alkyl halides is 1. The number of anilines is 1. The smallest absolute Gasteiger partial charge is 0.129 e. The Balaban J connectivity index is 2.65. The van der Waals surface area contributed by atoms with Gasteiger partial charge in [0.05, 0.1) is 20.4 Å². The third kappa shape index (κ3) is 2.21. The molecule has 0 radical (unpaired) electrons. The lowest BCUT2D eigenvalue weighted by molar-refractivity contribution is 0.386. The maximum Gasteiger partial charge on any atom is 0.129 e. The van der Waals surface area contributed by atoms with Gasteiger partial charge in [-0.05, 0) is 12.1 Å². The molecule has 0 amide bonds. The average molecular weight is 265 g/mol. The predicted octanol–water partition coefficient (Wildman–Crippen LogP) is 2.16.